The van der Waals surface area contributed by atoms with Crippen LogP contribution in [0.4, 0.5) is 5.69 Å². The standard InChI is InChI=1S/C27H28N6O3S/c1-18-4-3-5-20(14-18)33-25-23(16-28-33)26(35)32-21(17-37-27(32)29-25)15-24(34)31-12-10-30(11-13-31)19-6-8-22(36-2)9-7-19/h3-9,14,16,21H,10-13,15,17H2,1-2H3. The van der Waals surface area contributed by atoms with Crippen molar-refractivity contribution in [3.63, 3.8) is 0 Å². The number of aryl methyl sites for hydroxylation is 1. The molecule has 4 heterocycles. The van der Waals surface area contributed by atoms with Gasteiger partial charge in [-0.05, 0) is 48.9 Å². The highest BCUT2D eigenvalue weighted by Gasteiger charge is 2.32. The summed E-state index contributed by atoms with van der Waals surface area (Å²) >= 11 is 1.53. The average Bonchev–Trinajstić information content (AvgIpc) is 3.54. The van der Waals surface area contributed by atoms with Gasteiger partial charge < -0.3 is 14.5 Å². The summed E-state index contributed by atoms with van der Waals surface area (Å²) in [5.41, 5.74) is 3.52. The third kappa shape index (κ3) is 4.35. The van der Waals surface area contributed by atoms with Gasteiger partial charge in [0.2, 0.25) is 5.91 Å². The molecule has 1 saturated heterocycles. The molecule has 190 valence electrons. The van der Waals surface area contributed by atoms with Crippen molar-refractivity contribution >= 4 is 34.4 Å². The van der Waals surface area contributed by atoms with Gasteiger partial charge in [0.25, 0.3) is 5.56 Å². The predicted octanol–water partition coefficient (Wildman–Crippen LogP) is 3.28. The number of hydrogen-bond donors (Lipinski definition) is 0. The van der Waals surface area contributed by atoms with E-state index in [2.05, 4.69) is 10.00 Å². The molecule has 0 spiro atoms. The van der Waals surface area contributed by atoms with Crippen molar-refractivity contribution in [1.82, 2.24) is 24.2 Å². The van der Waals surface area contributed by atoms with E-state index in [9.17, 15) is 9.59 Å². The molecule has 10 heteroatoms. The van der Waals surface area contributed by atoms with Crippen LogP contribution >= 0.6 is 11.8 Å². The van der Waals surface area contributed by atoms with E-state index < -0.39 is 0 Å². The van der Waals surface area contributed by atoms with Crippen LogP contribution in [-0.4, -0.2) is 69.2 Å². The lowest BCUT2D eigenvalue weighted by Crippen LogP contribution is -2.49. The van der Waals surface area contributed by atoms with E-state index in [1.165, 1.54) is 11.8 Å². The molecular formula is C27H28N6O3S. The van der Waals surface area contributed by atoms with Crippen LogP contribution in [0.3, 0.4) is 0 Å². The molecule has 2 aliphatic rings. The van der Waals surface area contributed by atoms with Gasteiger partial charge in [-0.25, -0.2) is 9.67 Å². The Morgan fingerprint density at radius 3 is 2.59 bits per heavy atom. The fraction of sp³-hybridized carbons (Fsp3) is 0.333. The molecular weight excluding hydrogens is 488 g/mol. The molecule has 9 nitrogen and oxygen atoms in total. The molecule has 2 aliphatic heterocycles. The van der Waals surface area contributed by atoms with E-state index >= 15 is 0 Å². The Bertz CT molecular complexity index is 1520. The number of carbonyl (C=O) groups is 1. The van der Waals surface area contributed by atoms with Crippen LogP contribution in [0, 0.1) is 6.92 Å². The number of ether oxygens (including phenoxy) is 1. The van der Waals surface area contributed by atoms with Gasteiger partial charge in [-0.3, -0.25) is 14.2 Å². The third-order valence-electron chi connectivity index (χ3n) is 7.10. The van der Waals surface area contributed by atoms with E-state index in [1.807, 2.05) is 60.4 Å². The fourth-order valence-electron chi connectivity index (χ4n) is 5.07. The molecule has 0 aliphatic carbocycles. The third-order valence-corrected chi connectivity index (χ3v) is 8.19. The topological polar surface area (TPSA) is 85.5 Å². The summed E-state index contributed by atoms with van der Waals surface area (Å²) in [6, 6.07) is 15.7. The number of thioether (sulfide) groups is 1. The number of fused-ring (bicyclic) bond motifs is 2. The monoisotopic (exact) mass is 516 g/mol. The lowest BCUT2D eigenvalue weighted by atomic mass is 10.1. The van der Waals surface area contributed by atoms with Gasteiger partial charge in [0.15, 0.2) is 10.8 Å². The zero-order valence-electron chi connectivity index (χ0n) is 20.8. The van der Waals surface area contributed by atoms with Crippen LogP contribution in [0.2, 0.25) is 0 Å². The summed E-state index contributed by atoms with van der Waals surface area (Å²) in [4.78, 5) is 35.7. The normalized spacial score (nSPS) is 17.3. The first-order chi connectivity index (χ1) is 18.0. The predicted molar refractivity (Wildman–Crippen MR) is 144 cm³/mol. The highest BCUT2D eigenvalue weighted by atomic mass is 32.2. The van der Waals surface area contributed by atoms with Gasteiger partial charge in [0.1, 0.15) is 11.1 Å². The Morgan fingerprint density at radius 2 is 1.86 bits per heavy atom. The first-order valence-corrected chi connectivity index (χ1v) is 13.4. The number of methoxy groups -OCH3 is 1. The lowest BCUT2D eigenvalue weighted by Gasteiger charge is -2.36. The molecule has 0 saturated carbocycles. The minimum atomic E-state index is -0.209. The molecule has 1 fully saturated rings. The molecule has 0 radical (unpaired) electrons. The van der Waals surface area contributed by atoms with Crippen LogP contribution < -0.4 is 15.2 Å². The highest BCUT2D eigenvalue weighted by molar-refractivity contribution is 7.99. The number of piperazine rings is 1. The molecule has 0 N–H and O–H groups in total. The maximum atomic E-state index is 13.5. The Morgan fingerprint density at radius 1 is 1.08 bits per heavy atom. The number of carbonyl (C=O) groups excluding carboxylic acids is 1. The summed E-state index contributed by atoms with van der Waals surface area (Å²) in [5.74, 6) is 1.57. The van der Waals surface area contributed by atoms with Crippen LogP contribution in [0.25, 0.3) is 16.7 Å². The Hall–Kier alpha value is -3.79. The number of nitrogens with zero attached hydrogens (tertiary/aromatic N) is 6. The van der Waals surface area contributed by atoms with E-state index in [1.54, 1.807) is 22.6 Å². The SMILES string of the molecule is COc1ccc(N2CCN(C(=O)CC3CSc4nc5c(cnn5-c5cccc(C)c5)c(=O)n43)CC2)cc1. The molecule has 1 amide bonds. The van der Waals surface area contributed by atoms with Crippen LogP contribution in [0.15, 0.2) is 64.7 Å². The van der Waals surface area contributed by atoms with E-state index in [0.29, 0.717) is 41.5 Å². The Kier molecular flexibility index (Phi) is 6.11. The summed E-state index contributed by atoms with van der Waals surface area (Å²) in [6.07, 6.45) is 1.88. The summed E-state index contributed by atoms with van der Waals surface area (Å²) < 4.78 is 8.65. The molecule has 37 heavy (non-hydrogen) atoms. The molecule has 0 bridgehead atoms. The number of amides is 1. The lowest BCUT2D eigenvalue weighted by molar-refractivity contribution is -0.132. The largest absolute Gasteiger partial charge is 0.497 e. The van der Waals surface area contributed by atoms with Crippen molar-refractivity contribution in [2.24, 2.45) is 0 Å². The molecule has 1 atom stereocenters. The summed E-state index contributed by atoms with van der Waals surface area (Å²) in [7, 11) is 1.66. The van der Waals surface area contributed by atoms with Crippen molar-refractivity contribution in [3.8, 4) is 11.4 Å². The van der Waals surface area contributed by atoms with Crippen LogP contribution in [0.5, 0.6) is 5.75 Å². The second kappa shape index (κ2) is 9.59. The van der Waals surface area contributed by atoms with E-state index in [4.69, 9.17) is 9.72 Å². The van der Waals surface area contributed by atoms with Crippen molar-refractivity contribution in [2.45, 2.75) is 24.5 Å². The fourth-order valence-corrected chi connectivity index (χ4v) is 6.20. The van der Waals surface area contributed by atoms with Gasteiger partial charge in [0.05, 0.1) is 25.0 Å². The molecule has 1 unspecified atom stereocenters. The summed E-state index contributed by atoms with van der Waals surface area (Å²) in [5, 5.41) is 5.57. The van der Waals surface area contributed by atoms with E-state index in [-0.39, 0.29) is 17.5 Å². The second-order valence-corrected chi connectivity index (χ2v) is 10.4. The number of benzene rings is 2. The van der Waals surface area contributed by atoms with Crippen LogP contribution in [0.1, 0.15) is 18.0 Å². The van der Waals surface area contributed by atoms with Crippen molar-refractivity contribution in [2.75, 3.05) is 43.9 Å². The van der Waals surface area contributed by atoms with Crippen molar-refractivity contribution in [3.05, 3.63) is 70.6 Å². The molecule has 2 aromatic heterocycles. The minimum Gasteiger partial charge on any atom is -0.497 e. The Balaban J connectivity index is 1.17. The quantitative estimate of drug-likeness (QED) is 0.376. The van der Waals surface area contributed by atoms with Crippen molar-refractivity contribution < 1.29 is 9.53 Å². The smallest absolute Gasteiger partial charge is 0.265 e. The average molecular weight is 517 g/mol. The zero-order valence-corrected chi connectivity index (χ0v) is 21.6. The molecule has 2 aromatic carbocycles. The van der Waals surface area contributed by atoms with Gasteiger partial charge in [-0.1, -0.05) is 23.9 Å². The zero-order chi connectivity index (χ0) is 25.5. The number of anilines is 1. The highest BCUT2D eigenvalue weighted by Crippen LogP contribution is 2.34. The minimum absolute atomic E-state index is 0.0790. The Labute approximate surface area is 218 Å². The second-order valence-electron chi connectivity index (χ2n) is 9.44. The molecule has 6 rings (SSSR count). The van der Waals surface area contributed by atoms with Gasteiger partial charge in [0, 0.05) is 44.0 Å². The van der Waals surface area contributed by atoms with Gasteiger partial charge >= 0.3 is 0 Å². The van der Waals surface area contributed by atoms with Gasteiger partial charge in [-0.2, -0.15) is 5.10 Å². The van der Waals surface area contributed by atoms with Crippen LogP contribution in [-0.2, 0) is 4.79 Å². The number of aromatic nitrogens is 4. The van der Waals surface area contributed by atoms with E-state index in [0.717, 1.165) is 35.8 Å². The van der Waals surface area contributed by atoms with Gasteiger partial charge in [-0.15, -0.1) is 0 Å². The first kappa shape index (κ1) is 23.6. The summed E-state index contributed by atoms with van der Waals surface area (Å²) in [6.45, 7) is 4.88. The molecule has 4 aromatic rings. The number of hydrogen-bond acceptors (Lipinski definition) is 7. The maximum Gasteiger partial charge on any atom is 0.265 e. The number of rotatable bonds is 5. The van der Waals surface area contributed by atoms with Crippen molar-refractivity contribution in [1.29, 1.82) is 0 Å². The maximum absolute atomic E-state index is 13.5. The first-order valence-electron chi connectivity index (χ1n) is 12.4.